The Morgan fingerprint density at radius 1 is 1.08 bits per heavy atom. The van der Waals surface area contributed by atoms with Gasteiger partial charge in [0.15, 0.2) is 0 Å². The molecule has 1 atom stereocenters. The number of sulfonamides is 1. The van der Waals surface area contributed by atoms with Gasteiger partial charge in [0.2, 0.25) is 15.9 Å². The van der Waals surface area contributed by atoms with Gasteiger partial charge in [0.25, 0.3) is 0 Å². The van der Waals surface area contributed by atoms with Crippen LogP contribution in [-0.4, -0.2) is 14.3 Å². The maximum Gasteiger partial charge on any atom is 0.243 e. The summed E-state index contributed by atoms with van der Waals surface area (Å²) in [7, 11) is -3.88. The molecule has 126 valence electrons. The highest BCUT2D eigenvalue weighted by Gasteiger charge is 2.38. The SMILES string of the molecule is CC(NS(=O)(=O)c1ccc2c(c1)CCC2)(C(N)=O)c1ccccc1. The number of carbonyl (C=O) groups is 1. The number of hydrogen-bond donors (Lipinski definition) is 2. The number of hydrogen-bond acceptors (Lipinski definition) is 3. The van der Waals surface area contributed by atoms with E-state index >= 15 is 0 Å². The quantitative estimate of drug-likeness (QED) is 0.867. The van der Waals surface area contributed by atoms with Crippen molar-refractivity contribution < 1.29 is 13.2 Å². The smallest absolute Gasteiger partial charge is 0.243 e. The number of rotatable bonds is 5. The van der Waals surface area contributed by atoms with Crippen LogP contribution in [0.4, 0.5) is 0 Å². The molecule has 0 radical (unpaired) electrons. The molecule has 1 unspecified atom stereocenters. The van der Waals surface area contributed by atoms with Crippen LogP contribution in [0.2, 0.25) is 0 Å². The van der Waals surface area contributed by atoms with Crippen molar-refractivity contribution in [3.63, 3.8) is 0 Å². The maximum atomic E-state index is 12.8. The van der Waals surface area contributed by atoms with Crippen molar-refractivity contribution in [1.29, 1.82) is 0 Å². The lowest BCUT2D eigenvalue weighted by Gasteiger charge is -2.27. The van der Waals surface area contributed by atoms with E-state index in [2.05, 4.69) is 4.72 Å². The first-order valence-corrected chi connectivity index (χ1v) is 9.32. The molecule has 0 aromatic heterocycles. The Balaban J connectivity index is 1.99. The fraction of sp³-hybridized carbons (Fsp3) is 0.278. The van der Waals surface area contributed by atoms with Crippen molar-refractivity contribution in [3.8, 4) is 0 Å². The normalized spacial score (nSPS) is 16.4. The Morgan fingerprint density at radius 2 is 1.75 bits per heavy atom. The molecule has 0 saturated carbocycles. The highest BCUT2D eigenvalue weighted by atomic mass is 32.2. The van der Waals surface area contributed by atoms with Crippen molar-refractivity contribution >= 4 is 15.9 Å². The summed E-state index contributed by atoms with van der Waals surface area (Å²) in [6.45, 7) is 1.48. The van der Waals surface area contributed by atoms with Crippen molar-refractivity contribution in [1.82, 2.24) is 4.72 Å². The molecule has 1 amide bonds. The van der Waals surface area contributed by atoms with Crippen LogP contribution in [0.5, 0.6) is 0 Å². The second-order valence-electron chi connectivity index (χ2n) is 6.24. The van der Waals surface area contributed by atoms with E-state index in [0.29, 0.717) is 5.56 Å². The van der Waals surface area contributed by atoms with Gasteiger partial charge in [0, 0.05) is 0 Å². The average molecular weight is 344 g/mol. The first kappa shape index (κ1) is 16.7. The van der Waals surface area contributed by atoms with Crippen LogP contribution in [-0.2, 0) is 33.2 Å². The van der Waals surface area contributed by atoms with E-state index in [1.807, 2.05) is 6.07 Å². The molecular formula is C18H20N2O3S. The Bertz CT molecular complexity index is 878. The molecule has 5 nitrogen and oxygen atoms in total. The van der Waals surface area contributed by atoms with Gasteiger partial charge in [-0.25, -0.2) is 8.42 Å². The number of fused-ring (bicyclic) bond motifs is 1. The minimum atomic E-state index is -3.88. The molecule has 1 aliphatic carbocycles. The number of aryl methyl sites for hydroxylation is 2. The molecule has 0 spiro atoms. The van der Waals surface area contributed by atoms with Crippen molar-refractivity contribution in [3.05, 3.63) is 65.2 Å². The van der Waals surface area contributed by atoms with Crippen molar-refractivity contribution in [2.45, 2.75) is 36.6 Å². The molecular weight excluding hydrogens is 324 g/mol. The zero-order valence-corrected chi connectivity index (χ0v) is 14.3. The van der Waals surface area contributed by atoms with Crippen LogP contribution in [0, 0.1) is 0 Å². The van der Waals surface area contributed by atoms with Gasteiger partial charge in [-0.15, -0.1) is 0 Å². The van der Waals surface area contributed by atoms with Crippen LogP contribution in [0.25, 0.3) is 0 Å². The topological polar surface area (TPSA) is 89.3 Å². The fourth-order valence-electron chi connectivity index (χ4n) is 3.07. The number of nitrogens with two attached hydrogens (primary N) is 1. The van der Waals surface area contributed by atoms with Crippen LogP contribution in [0.15, 0.2) is 53.4 Å². The molecule has 3 N–H and O–H groups in total. The van der Waals surface area contributed by atoms with Gasteiger partial charge in [0.1, 0.15) is 5.54 Å². The minimum Gasteiger partial charge on any atom is -0.368 e. The van der Waals surface area contributed by atoms with E-state index in [0.717, 1.165) is 24.8 Å². The predicted molar refractivity (Wildman–Crippen MR) is 91.8 cm³/mol. The third kappa shape index (κ3) is 2.95. The number of amides is 1. The molecule has 0 saturated heterocycles. The zero-order chi connectivity index (χ0) is 17.4. The summed E-state index contributed by atoms with van der Waals surface area (Å²) >= 11 is 0. The summed E-state index contributed by atoms with van der Waals surface area (Å²) in [5, 5.41) is 0. The summed E-state index contributed by atoms with van der Waals surface area (Å²) in [5.41, 5.74) is 6.74. The largest absolute Gasteiger partial charge is 0.368 e. The lowest BCUT2D eigenvalue weighted by molar-refractivity contribution is -0.123. The van der Waals surface area contributed by atoms with E-state index in [-0.39, 0.29) is 4.90 Å². The number of primary amides is 1. The summed E-state index contributed by atoms with van der Waals surface area (Å²) in [4.78, 5) is 12.2. The molecule has 3 rings (SSSR count). The molecule has 24 heavy (non-hydrogen) atoms. The summed E-state index contributed by atoms with van der Waals surface area (Å²) in [5.74, 6) is -0.751. The van der Waals surface area contributed by atoms with Crippen molar-refractivity contribution in [2.75, 3.05) is 0 Å². The van der Waals surface area contributed by atoms with Gasteiger partial charge in [-0.1, -0.05) is 36.4 Å². The Hall–Kier alpha value is -2.18. The highest BCUT2D eigenvalue weighted by Crippen LogP contribution is 2.27. The molecule has 6 heteroatoms. The minimum absolute atomic E-state index is 0.159. The standard InChI is InChI=1S/C18H20N2O3S/c1-18(17(19)21,15-8-3-2-4-9-15)20-24(22,23)16-11-10-13-6-5-7-14(13)12-16/h2-4,8-12,20H,5-7H2,1H3,(H2,19,21). The lowest BCUT2D eigenvalue weighted by Crippen LogP contribution is -2.52. The van der Waals surface area contributed by atoms with E-state index in [1.165, 1.54) is 12.5 Å². The van der Waals surface area contributed by atoms with E-state index in [9.17, 15) is 13.2 Å². The van der Waals surface area contributed by atoms with Gasteiger partial charge in [-0.2, -0.15) is 4.72 Å². The molecule has 2 aromatic rings. The summed E-state index contributed by atoms with van der Waals surface area (Å²) in [6.07, 6.45) is 2.89. The first-order valence-electron chi connectivity index (χ1n) is 7.84. The van der Waals surface area contributed by atoms with E-state index in [4.69, 9.17) is 5.73 Å². The van der Waals surface area contributed by atoms with Gasteiger partial charge < -0.3 is 5.73 Å². The van der Waals surface area contributed by atoms with Gasteiger partial charge in [-0.3, -0.25) is 4.79 Å². The van der Waals surface area contributed by atoms with Gasteiger partial charge >= 0.3 is 0 Å². The second kappa shape index (κ2) is 6.03. The summed E-state index contributed by atoms with van der Waals surface area (Å²) in [6, 6.07) is 13.7. The fourth-order valence-corrected chi connectivity index (χ4v) is 4.48. The van der Waals surface area contributed by atoms with Crippen LogP contribution in [0.1, 0.15) is 30.0 Å². The third-order valence-electron chi connectivity index (χ3n) is 4.56. The summed E-state index contributed by atoms with van der Waals surface area (Å²) < 4.78 is 28.1. The van der Waals surface area contributed by atoms with Crippen molar-refractivity contribution in [2.24, 2.45) is 5.73 Å². The molecule has 0 heterocycles. The van der Waals surface area contributed by atoms with Gasteiger partial charge in [0.05, 0.1) is 4.90 Å². The van der Waals surface area contributed by atoms with Crippen LogP contribution < -0.4 is 10.5 Å². The maximum absolute atomic E-state index is 12.8. The van der Waals surface area contributed by atoms with E-state index < -0.39 is 21.5 Å². The van der Waals surface area contributed by atoms with Gasteiger partial charge in [-0.05, 0) is 55.0 Å². The number of carbonyl (C=O) groups excluding carboxylic acids is 1. The molecule has 0 aliphatic heterocycles. The van der Waals surface area contributed by atoms with Crippen LogP contribution in [0.3, 0.4) is 0 Å². The third-order valence-corrected chi connectivity index (χ3v) is 6.11. The zero-order valence-electron chi connectivity index (χ0n) is 13.5. The average Bonchev–Trinajstić information content (AvgIpc) is 3.02. The lowest BCUT2D eigenvalue weighted by atomic mass is 9.93. The molecule has 1 aliphatic rings. The Kier molecular flexibility index (Phi) is 4.19. The van der Waals surface area contributed by atoms with E-state index in [1.54, 1.807) is 42.5 Å². The molecule has 0 fully saturated rings. The van der Waals surface area contributed by atoms with Crippen LogP contribution >= 0.6 is 0 Å². The molecule has 2 aromatic carbocycles. The second-order valence-corrected chi connectivity index (χ2v) is 7.93. The highest BCUT2D eigenvalue weighted by molar-refractivity contribution is 7.89. The Labute approximate surface area is 141 Å². The first-order chi connectivity index (χ1) is 11.3. The number of benzene rings is 2. The number of nitrogens with one attached hydrogen (secondary N) is 1. The predicted octanol–water partition coefficient (Wildman–Crippen LogP) is 1.85. The monoisotopic (exact) mass is 344 g/mol. The molecule has 0 bridgehead atoms. The Morgan fingerprint density at radius 3 is 2.42 bits per heavy atom.